The highest BCUT2D eigenvalue weighted by molar-refractivity contribution is 5.56. The third-order valence-corrected chi connectivity index (χ3v) is 2.31. The maximum absolute atomic E-state index is 11.6. The molecule has 0 saturated heterocycles. The van der Waals surface area contributed by atoms with Crippen LogP contribution in [0.4, 0.5) is 0 Å². The van der Waals surface area contributed by atoms with Gasteiger partial charge in [0, 0.05) is 11.6 Å². The van der Waals surface area contributed by atoms with Gasteiger partial charge in [0.05, 0.1) is 6.20 Å². The molecule has 3 aromatic rings. The maximum Gasteiger partial charge on any atom is 0.349 e. The van der Waals surface area contributed by atoms with Gasteiger partial charge in [-0.25, -0.2) is 9.78 Å². The standard InChI is InChI=1S/C11H8N4O/c16-11-14-10(8-4-2-1-3-5-8)13-9-6-7-12-15(9)11/h1-7H,(H,13,14,16). The zero-order valence-corrected chi connectivity index (χ0v) is 8.29. The van der Waals surface area contributed by atoms with Crippen LogP contribution < -0.4 is 5.69 Å². The summed E-state index contributed by atoms with van der Waals surface area (Å²) in [4.78, 5) is 18.6. The Morgan fingerprint density at radius 1 is 1.12 bits per heavy atom. The highest BCUT2D eigenvalue weighted by atomic mass is 16.1. The fraction of sp³-hybridized carbons (Fsp3) is 0. The van der Waals surface area contributed by atoms with Crippen LogP contribution in [0.1, 0.15) is 0 Å². The van der Waals surface area contributed by atoms with Gasteiger partial charge in [-0.05, 0) is 0 Å². The summed E-state index contributed by atoms with van der Waals surface area (Å²) in [5.74, 6) is 0.554. The van der Waals surface area contributed by atoms with Gasteiger partial charge in [0.25, 0.3) is 0 Å². The molecule has 16 heavy (non-hydrogen) atoms. The van der Waals surface area contributed by atoms with E-state index in [9.17, 15) is 4.79 Å². The van der Waals surface area contributed by atoms with E-state index in [0.29, 0.717) is 11.5 Å². The Hall–Kier alpha value is -2.43. The number of nitrogens with one attached hydrogen (secondary N) is 1. The van der Waals surface area contributed by atoms with Crippen molar-refractivity contribution >= 4 is 5.65 Å². The zero-order chi connectivity index (χ0) is 11.0. The first-order chi connectivity index (χ1) is 7.84. The second-order valence-corrected chi connectivity index (χ2v) is 3.36. The Balaban J connectivity index is 2.30. The van der Waals surface area contributed by atoms with Crippen molar-refractivity contribution in [1.29, 1.82) is 0 Å². The van der Waals surface area contributed by atoms with Gasteiger partial charge in [0.2, 0.25) is 0 Å². The fourth-order valence-corrected chi connectivity index (χ4v) is 1.57. The van der Waals surface area contributed by atoms with Gasteiger partial charge in [-0.1, -0.05) is 30.3 Å². The van der Waals surface area contributed by atoms with Gasteiger partial charge < -0.3 is 0 Å². The average molecular weight is 212 g/mol. The Labute approximate surface area is 90.4 Å². The van der Waals surface area contributed by atoms with Crippen LogP contribution in [0.15, 0.2) is 47.4 Å². The molecular formula is C11H8N4O. The summed E-state index contributed by atoms with van der Waals surface area (Å²) in [6.07, 6.45) is 1.55. The van der Waals surface area contributed by atoms with Crippen molar-refractivity contribution < 1.29 is 0 Å². The predicted octanol–water partition coefficient (Wildman–Crippen LogP) is 1.08. The number of aromatic nitrogens is 4. The molecule has 0 amide bonds. The smallest absolute Gasteiger partial charge is 0.290 e. The predicted molar refractivity (Wildman–Crippen MR) is 59.0 cm³/mol. The van der Waals surface area contributed by atoms with Gasteiger partial charge in [0.1, 0.15) is 5.82 Å². The molecule has 5 heteroatoms. The van der Waals surface area contributed by atoms with Crippen LogP contribution >= 0.6 is 0 Å². The lowest BCUT2D eigenvalue weighted by Crippen LogP contribution is -2.19. The first-order valence-corrected chi connectivity index (χ1v) is 4.84. The molecule has 1 N–H and O–H groups in total. The molecule has 0 saturated carbocycles. The lowest BCUT2D eigenvalue weighted by molar-refractivity contribution is 0.845. The largest absolute Gasteiger partial charge is 0.349 e. The molecule has 3 rings (SSSR count). The number of nitrogens with zero attached hydrogens (tertiary/aromatic N) is 3. The van der Waals surface area contributed by atoms with Crippen LogP contribution in [0.2, 0.25) is 0 Å². The number of aromatic amines is 1. The highest BCUT2D eigenvalue weighted by Crippen LogP contribution is 2.12. The Kier molecular flexibility index (Phi) is 1.83. The van der Waals surface area contributed by atoms with Gasteiger partial charge in [0.15, 0.2) is 5.65 Å². The van der Waals surface area contributed by atoms with Crippen molar-refractivity contribution in [2.75, 3.05) is 0 Å². The summed E-state index contributed by atoms with van der Waals surface area (Å²) < 4.78 is 1.23. The van der Waals surface area contributed by atoms with E-state index < -0.39 is 0 Å². The molecule has 1 aromatic carbocycles. The number of H-pyrrole nitrogens is 1. The first-order valence-electron chi connectivity index (χ1n) is 4.84. The number of rotatable bonds is 1. The molecule has 0 aliphatic rings. The fourth-order valence-electron chi connectivity index (χ4n) is 1.57. The summed E-state index contributed by atoms with van der Waals surface area (Å²) in [5.41, 5.74) is 1.14. The molecule has 0 bridgehead atoms. The molecule has 2 aromatic heterocycles. The van der Waals surface area contributed by atoms with E-state index in [1.165, 1.54) is 4.52 Å². The normalized spacial score (nSPS) is 10.8. The highest BCUT2D eigenvalue weighted by Gasteiger charge is 2.04. The molecule has 0 aliphatic heterocycles. The van der Waals surface area contributed by atoms with Gasteiger partial charge in [-0.3, -0.25) is 4.98 Å². The summed E-state index contributed by atoms with van der Waals surface area (Å²) in [6.45, 7) is 0. The van der Waals surface area contributed by atoms with Gasteiger partial charge >= 0.3 is 5.69 Å². The van der Waals surface area contributed by atoms with Gasteiger partial charge in [-0.2, -0.15) is 9.61 Å². The van der Waals surface area contributed by atoms with Crippen molar-refractivity contribution in [2.45, 2.75) is 0 Å². The second-order valence-electron chi connectivity index (χ2n) is 3.36. The Bertz CT molecular complexity index is 684. The van der Waals surface area contributed by atoms with Gasteiger partial charge in [-0.15, -0.1) is 0 Å². The van der Waals surface area contributed by atoms with E-state index in [1.54, 1.807) is 12.3 Å². The van der Waals surface area contributed by atoms with Crippen LogP contribution in [0.5, 0.6) is 0 Å². The second kappa shape index (κ2) is 3.30. The third-order valence-electron chi connectivity index (χ3n) is 2.31. The van der Waals surface area contributed by atoms with Crippen LogP contribution in [0, 0.1) is 0 Å². The summed E-state index contributed by atoms with van der Waals surface area (Å²) in [7, 11) is 0. The number of fused-ring (bicyclic) bond motifs is 1. The SMILES string of the molecule is O=c1[nH]c(-c2ccccc2)nc2ccnn12. The van der Waals surface area contributed by atoms with E-state index in [-0.39, 0.29) is 5.69 Å². The van der Waals surface area contributed by atoms with E-state index in [4.69, 9.17) is 0 Å². The summed E-state index contributed by atoms with van der Waals surface area (Å²) >= 11 is 0. The minimum atomic E-state index is -0.283. The molecule has 2 heterocycles. The molecule has 0 aliphatic carbocycles. The van der Waals surface area contributed by atoms with Crippen LogP contribution in [-0.2, 0) is 0 Å². The molecule has 0 atom stereocenters. The maximum atomic E-state index is 11.6. The quantitative estimate of drug-likeness (QED) is 0.656. The summed E-state index contributed by atoms with van der Waals surface area (Å²) in [5, 5.41) is 3.86. The van der Waals surface area contributed by atoms with E-state index in [2.05, 4.69) is 15.1 Å². The molecule has 0 radical (unpaired) electrons. The minimum absolute atomic E-state index is 0.283. The summed E-state index contributed by atoms with van der Waals surface area (Å²) in [6, 6.07) is 11.2. The van der Waals surface area contributed by atoms with Crippen molar-refractivity contribution in [3.63, 3.8) is 0 Å². The number of benzene rings is 1. The number of hydrogen-bond acceptors (Lipinski definition) is 3. The van der Waals surface area contributed by atoms with Crippen molar-refractivity contribution in [2.24, 2.45) is 0 Å². The molecule has 78 valence electrons. The lowest BCUT2D eigenvalue weighted by Gasteiger charge is -2.00. The van der Waals surface area contributed by atoms with E-state index in [0.717, 1.165) is 5.56 Å². The van der Waals surface area contributed by atoms with Crippen LogP contribution in [0.25, 0.3) is 17.0 Å². The molecule has 0 spiro atoms. The van der Waals surface area contributed by atoms with E-state index in [1.807, 2.05) is 30.3 Å². The minimum Gasteiger partial charge on any atom is -0.290 e. The molecular weight excluding hydrogens is 204 g/mol. The van der Waals surface area contributed by atoms with Crippen LogP contribution in [0.3, 0.4) is 0 Å². The van der Waals surface area contributed by atoms with Crippen molar-refractivity contribution in [3.8, 4) is 11.4 Å². The topological polar surface area (TPSA) is 63.0 Å². The molecule has 5 nitrogen and oxygen atoms in total. The lowest BCUT2D eigenvalue weighted by atomic mass is 10.2. The molecule has 0 unspecified atom stereocenters. The van der Waals surface area contributed by atoms with E-state index >= 15 is 0 Å². The average Bonchev–Trinajstić information content (AvgIpc) is 2.79. The zero-order valence-electron chi connectivity index (χ0n) is 8.29. The molecule has 0 fully saturated rings. The number of hydrogen-bond donors (Lipinski definition) is 1. The van der Waals surface area contributed by atoms with Crippen molar-refractivity contribution in [1.82, 2.24) is 19.6 Å². The third kappa shape index (κ3) is 1.30. The Morgan fingerprint density at radius 3 is 2.75 bits per heavy atom. The monoisotopic (exact) mass is 212 g/mol. The Morgan fingerprint density at radius 2 is 1.94 bits per heavy atom. The van der Waals surface area contributed by atoms with Crippen LogP contribution in [-0.4, -0.2) is 19.6 Å². The first kappa shape index (κ1) is 8.84. The van der Waals surface area contributed by atoms with Crippen molar-refractivity contribution in [3.05, 3.63) is 53.1 Å².